The molecule has 8 heteroatoms. The van der Waals surface area contributed by atoms with Gasteiger partial charge in [-0.1, -0.05) is 11.6 Å². The van der Waals surface area contributed by atoms with Gasteiger partial charge in [0.1, 0.15) is 0 Å². The van der Waals surface area contributed by atoms with Crippen LogP contribution in [0, 0.1) is 10.1 Å². The fourth-order valence-electron chi connectivity index (χ4n) is 2.35. The number of carbonyl (C=O) groups excluding carboxylic acids is 1. The molecule has 1 aromatic carbocycles. The largest absolute Gasteiger partial charge is 0.396 e. The molecule has 0 heterocycles. The number of nitro benzene ring substituents is 1. The quantitative estimate of drug-likeness (QED) is 0.408. The van der Waals surface area contributed by atoms with Crippen LogP contribution in [0.3, 0.4) is 0 Å². The summed E-state index contributed by atoms with van der Waals surface area (Å²) in [6, 6.07) is 4.40. The molecule has 0 aromatic heterocycles. The van der Waals surface area contributed by atoms with Crippen molar-refractivity contribution in [3.05, 3.63) is 33.3 Å². The zero-order chi connectivity index (χ0) is 16.8. The molecule has 126 valence electrons. The van der Waals surface area contributed by atoms with Crippen LogP contribution >= 0.6 is 11.6 Å². The van der Waals surface area contributed by atoms with Gasteiger partial charge >= 0.3 is 0 Å². The second-order valence-electron chi connectivity index (χ2n) is 5.60. The molecule has 0 bridgehead atoms. The lowest BCUT2D eigenvalue weighted by molar-refractivity contribution is -0.384. The summed E-state index contributed by atoms with van der Waals surface area (Å²) in [6.07, 6.45) is 3.74. The van der Waals surface area contributed by atoms with Crippen LogP contribution in [-0.4, -0.2) is 46.6 Å². The highest BCUT2D eigenvalue weighted by molar-refractivity contribution is 6.34. The number of anilines is 1. The molecule has 1 aliphatic carbocycles. The van der Waals surface area contributed by atoms with E-state index in [0.717, 1.165) is 32.2 Å². The van der Waals surface area contributed by atoms with Crippen molar-refractivity contribution < 1.29 is 14.8 Å². The summed E-state index contributed by atoms with van der Waals surface area (Å²) in [6.45, 7) is 1.18. The number of unbranched alkanes of at least 4 members (excludes halogenated alkanes) is 1. The van der Waals surface area contributed by atoms with Crippen molar-refractivity contribution in [2.24, 2.45) is 0 Å². The maximum absolute atomic E-state index is 12.2. The number of hydrogen-bond acceptors (Lipinski definition) is 5. The molecule has 0 unspecified atom stereocenters. The van der Waals surface area contributed by atoms with Crippen LogP contribution in [0.15, 0.2) is 18.2 Å². The van der Waals surface area contributed by atoms with Gasteiger partial charge in [-0.25, -0.2) is 0 Å². The second kappa shape index (κ2) is 8.24. The van der Waals surface area contributed by atoms with E-state index in [1.165, 1.54) is 18.2 Å². The number of nitrogens with one attached hydrogen (secondary N) is 1. The normalized spacial score (nSPS) is 14.0. The van der Waals surface area contributed by atoms with Crippen molar-refractivity contribution in [2.75, 3.05) is 25.0 Å². The van der Waals surface area contributed by atoms with E-state index in [9.17, 15) is 14.9 Å². The molecule has 1 aromatic rings. The smallest absolute Gasteiger partial charge is 0.271 e. The summed E-state index contributed by atoms with van der Waals surface area (Å²) in [5.41, 5.74) is 0.255. The van der Waals surface area contributed by atoms with Gasteiger partial charge in [0.25, 0.3) is 5.69 Å². The van der Waals surface area contributed by atoms with Crippen LogP contribution in [0.4, 0.5) is 11.4 Å². The molecule has 2 N–H and O–H groups in total. The van der Waals surface area contributed by atoms with Gasteiger partial charge in [0.15, 0.2) is 0 Å². The molecule has 0 spiro atoms. The van der Waals surface area contributed by atoms with E-state index < -0.39 is 4.92 Å². The Kier molecular flexibility index (Phi) is 6.32. The molecular formula is C15H20ClN3O4. The summed E-state index contributed by atoms with van der Waals surface area (Å²) in [4.78, 5) is 24.4. The maximum Gasteiger partial charge on any atom is 0.271 e. The van der Waals surface area contributed by atoms with Gasteiger partial charge in [0.05, 0.1) is 22.2 Å². The average Bonchev–Trinajstić information content (AvgIpc) is 3.33. The number of non-ortho nitro benzene ring substituents is 1. The Balaban J connectivity index is 1.91. The number of rotatable bonds is 9. The van der Waals surface area contributed by atoms with Gasteiger partial charge in [0, 0.05) is 24.8 Å². The van der Waals surface area contributed by atoms with Gasteiger partial charge in [-0.3, -0.25) is 19.8 Å². The standard InChI is InChI=1S/C15H20ClN3O4/c16-13-9-12(19(22)23)5-6-14(13)17-15(21)10-18(11-3-4-11)7-1-2-8-20/h5-6,9,11,20H,1-4,7-8,10H2,(H,17,21). The lowest BCUT2D eigenvalue weighted by atomic mass is 10.2. The number of nitro groups is 1. The Hall–Kier alpha value is -1.70. The Bertz CT molecular complexity index is 578. The third-order valence-corrected chi connectivity index (χ3v) is 4.01. The zero-order valence-corrected chi connectivity index (χ0v) is 13.5. The molecule has 0 radical (unpaired) electrons. The number of amides is 1. The molecule has 1 amide bonds. The van der Waals surface area contributed by atoms with Crippen LogP contribution in [0.2, 0.25) is 5.02 Å². The Morgan fingerprint density at radius 2 is 2.17 bits per heavy atom. The average molecular weight is 342 g/mol. The summed E-state index contributed by atoms with van der Waals surface area (Å²) < 4.78 is 0. The van der Waals surface area contributed by atoms with E-state index in [4.69, 9.17) is 16.7 Å². The van der Waals surface area contributed by atoms with Crippen LogP contribution in [-0.2, 0) is 4.79 Å². The van der Waals surface area contributed by atoms with Gasteiger partial charge in [-0.05, 0) is 38.3 Å². The number of nitrogens with zero attached hydrogens (tertiary/aromatic N) is 2. The van der Waals surface area contributed by atoms with Crippen molar-refractivity contribution in [2.45, 2.75) is 31.7 Å². The molecule has 23 heavy (non-hydrogen) atoms. The number of halogens is 1. The predicted octanol–water partition coefficient (Wildman–Crippen LogP) is 2.42. The highest BCUT2D eigenvalue weighted by atomic mass is 35.5. The molecule has 0 aliphatic heterocycles. The van der Waals surface area contributed by atoms with E-state index in [1.54, 1.807) is 0 Å². The first kappa shape index (κ1) is 17.7. The van der Waals surface area contributed by atoms with Crippen LogP contribution < -0.4 is 5.32 Å². The number of hydrogen-bond donors (Lipinski definition) is 2. The Morgan fingerprint density at radius 3 is 2.74 bits per heavy atom. The first-order valence-corrected chi connectivity index (χ1v) is 7.97. The zero-order valence-electron chi connectivity index (χ0n) is 12.7. The fourth-order valence-corrected chi connectivity index (χ4v) is 2.57. The number of benzene rings is 1. The number of aliphatic hydroxyl groups is 1. The van der Waals surface area contributed by atoms with Crippen molar-refractivity contribution in [1.82, 2.24) is 4.90 Å². The highest BCUT2D eigenvalue weighted by Gasteiger charge is 2.29. The van der Waals surface area contributed by atoms with E-state index in [1.807, 2.05) is 0 Å². The van der Waals surface area contributed by atoms with Crippen LogP contribution in [0.25, 0.3) is 0 Å². The minimum absolute atomic E-state index is 0.114. The van der Waals surface area contributed by atoms with Crippen molar-refractivity contribution in [1.29, 1.82) is 0 Å². The predicted molar refractivity (Wildman–Crippen MR) is 87.7 cm³/mol. The van der Waals surface area contributed by atoms with Gasteiger partial charge in [-0.2, -0.15) is 0 Å². The second-order valence-corrected chi connectivity index (χ2v) is 6.01. The third-order valence-electron chi connectivity index (χ3n) is 3.70. The van der Waals surface area contributed by atoms with Crippen molar-refractivity contribution >= 4 is 28.9 Å². The summed E-state index contributed by atoms with van der Waals surface area (Å²) in [5.74, 6) is -0.198. The lowest BCUT2D eigenvalue weighted by Gasteiger charge is -2.21. The van der Waals surface area contributed by atoms with Gasteiger partial charge < -0.3 is 10.4 Å². The van der Waals surface area contributed by atoms with Crippen molar-refractivity contribution in [3.63, 3.8) is 0 Å². The SMILES string of the molecule is O=C(CN(CCCCO)C1CC1)Nc1ccc([N+](=O)[O-])cc1Cl. The van der Waals surface area contributed by atoms with E-state index in [0.29, 0.717) is 11.7 Å². The topological polar surface area (TPSA) is 95.7 Å². The van der Waals surface area contributed by atoms with Gasteiger partial charge in [0.2, 0.25) is 5.91 Å². The third kappa shape index (κ3) is 5.46. The Labute approximate surface area is 139 Å². The highest BCUT2D eigenvalue weighted by Crippen LogP contribution is 2.28. The number of carbonyl (C=O) groups is 1. The minimum Gasteiger partial charge on any atom is -0.396 e. The molecule has 0 saturated heterocycles. The van der Waals surface area contributed by atoms with Gasteiger partial charge in [-0.15, -0.1) is 0 Å². The molecule has 7 nitrogen and oxygen atoms in total. The lowest BCUT2D eigenvalue weighted by Crippen LogP contribution is -2.35. The number of aliphatic hydroxyl groups excluding tert-OH is 1. The molecule has 1 aliphatic rings. The molecule has 0 atom stereocenters. The van der Waals surface area contributed by atoms with E-state index in [2.05, 4.69) is 10.2 Å². The van der Waals surface area contributed by atoms with E-state index >= 15 is 0 Å². The molecule has 1 fully saturated rings. The van der Waals surface area contributed by atoms with E-state index in [-0.39, 0.29) is 29.8 Å². The first-order valence-electron chi connectivity index (χ1n) is 7.60. The Morgan fingerprint density at radius 1 is 1.43 bits per heavy atom. The summed E-state index contributed by atoms with van der Waals surface area (Å²) in [5, 5.41) is 22.4. The summed E-state index contributed by atoms with van der Waals surface area (Å²) in [7, 11) is 0. The molecule has 2 rings (SSSR count). The maximum atomic E-state index is 12.2. The molecular weight excluding hydrogens is 322 g/mol. The summed E-state index contributed by atoms with van der Waals surface area (Å²) >= 11 is 5.97. The minimum atomic E-state index is -0.534. The van der Waals surface area contributed by atoms with Crippen molar-refractivity contribution in [3.8, 4) is 0 Å². The molecule has 1 saturated carbocycles. The monoisotopic (exact) mass is 341 g/mol. The van der Waals surface area contributed by atoms with Crippen LogP contribution in [0.1, 0.15) is 25.7 Å². The van der Waals surface area contributed by atoms with Crippen LogP contribution in [0.5, 0.6) is 0 Å². The fraction of sp³-hybridized carbons (Fsp3) is 0.533. The first-order chi connectivity index (χ1) is 11.0.